The molecule has 0 saturated heterocycles. The van der Waals surface area contributed by atoms with Crippen LogP contribution >= 0.6 is 0 Å². The Kier molecular flexibility index (Phi) is 3.48. The SMILES string of the molecule is CC1CCCC23CCC4C(CCC5CCCCC54C)C2CCC13. The van der Waals surface area contributed by atoms with Crippen molar-refractivity contribution in [1.82, 2.24) is 0 Å². The lowest BCUT2D eigenvalue weighted by atomic mass is 9.43. The van der Waals surface area contributed by atoms with Crippen molar-refractivity contribution in [1.29, 1.82) is 0 Å². The molecule has 23 heavy (non-hydrogen) atoms. The van der Waals surface area contributed by atoms with E-state index in [1.54, 1.807) is 64.2 Å². The normalized spacial score (nSPS) is 58.7. The lowest BCUT2D eigenvalue weighted by Gasteiger charge is -2.62. The van der Waals surface area contributed by atoms with E-state index in [0.717, 1.165) is 46.3 Å². The van der Waals surface area contributed by atoms with Crippen molar-refractivity contribution in [3.8, 4) is 0 Å². The van der Waals surface area contributed by atoms with Crippen molar-refractivity contribution < 1.29 is 0 Å². The summed E-state index contributed by atoms with van der Waals surface area (Å²) < 4.78 is 0. The molecule has 0 aromatic carbocycles. The van der Waals surface area contributed by atoms with Crippen molar-refractivity contribution in [2.75, 3.05) is 0 Å². The molecule has 0 bridgehead atoms. The van der Waals surface area contributed by atoms with E-state index in [1.165, 1.54) is 19.3 Å². The molecule has 0 heteroatoms. The van der Waals surface area contributed by atoms with E-state index >= 15 is 0 Å². The first kappa shape index (κ1) is 15.3. The molecule has 0 aromatic heterocycles. The van der Waals surface area contributed by atoms with Crippen LogP contribution in [0.25, 0.3) is 0 Å². The molecule has 1 spiro atoms. The number of rotatable bonds is 0. The first-order valence-corrected chi connectivity index (χ1v) is 11.2. The van der Waals surface area contributed by atoms with E-state index < -0.39 is 0 Å². The molecule has 5 aliphatic carbocycles. The molecule has 5 fully saturated rings. The van der Waals surface area contributed by atoms with Gasteiger partial charge in [0.2, 0.25) is 0 Å². The summed E-state index contributed by atoms with van der Waals surface area (Å²) in [6.07, 6.45) is 20.5. The van der Waals surface area contributed by atoms with Crippen molar-refractivity contribution in [3.63, 3.8) is 0 Å². The van der Waals surface area contributed by atoms with Gasteiger partial charge in [-0.2, -0.15) is 0 Å². The third-order valence-electron chi connectivity index (χ3n) is 10.4. The molecule has 8 atom stereocenters. The zero-order valence-corrected chi connectivity index (χ0v) is 15.7. The maximum atomic E-state index is 2.74. The molecule has 0 heterocycles. The van der Waals surface area contributed by atoms with Crippen LogP contribution in [-0.2, 0) is 0 Å². The zero-order valence-electron chi connectivity index (χ0n) is 15.7. The predicted molar refractivity (Wildman–Crippen MR) is 97.2 cm³/mol. The van der Waals surface area contributed by atoms with Crippen LogP contribution < -0.4 is 0 Å². The molecule has 0 aromatic rings. The van der Waals surface area contributed by atoms with Crippen LogP contribution in [0.15, 0.2) is 0 Å². The molecule has 130 valence electrons. The summed E-state index contributed by atoms with van der Waals surface area (Å²) in [5.41, 5.74) is 1.55. The molecule has 5 saturated carbocycles. The largest absolute Gasteiger partial charge is 0.0622 e. The van der Waals surface area contributed by atoms with Gasteiger partial charge in [-0.25, -0.2) is 0 Å². The predicted octanol–water partition coefficient (Wildman–Crippen LogP) is 6.84. The Bertz CT molecular complexity index is 467. The summed E-state index contributed by atoms with van der Waals surface area (Å²) in [5, 5.41) is 0. The monoisotopic (exact) mass is 314 g/mol. The summed E-state index contributed by atoms with van der Waals surface area (Å²) in [6, 6.07) is 0. The smallest absolute Gasteiger partial charge is 0.0235 e. The maximum Gasteiger partial charge on any atom is -0.0235 e. The van der Waals surface area contributed by atoms with Gasteiger partial charge in [0.05, 0.1) is 0 Å². The van der Waals surface area contributed by atoms with Gasteiger partial charge < -0.3 is 0 Å². The highest BCUT2D eigenvalue weighted by Gasteiger charge is 2.62. The molecule has 0 aliphatic heterocycles. The molecule has 0 radical (unpaired) electrons. The molecule has 5 aliphatic rings. The van der Waals surface area contributed by atoms with Crippen LogP contribution in [0, 0.1) is 46.3 Å². The number of hydrogen-bond donors (Lipinski definition) is 0. The Morgan fingerprint density at radius 1 is 0.652 bits per heavy atom. The van der Waals surface area contributed by atoms with Crippen LogP contribution in [0.4, 0.5) is 0 Å². The number of hydrogen-bond acceptors (Lipinski definition) is 0. The second-order valence-corrected chi connectivity index (χ2v) is 10.7. The van der Waals surface area contributed by atoms with Crippen molar-refractivity contribution >= 4 is 0 Å². The minimum absolute atomic E-state index is 0.737. The highest BCUT2D eigenvalue weighted by Crippen LogP contribution is 2.70. The van der Waals surface area contributed by atoms with Crippen molar-refractivity contribution in [3.05, 3.63) is 0 Å². The Balaban J connectivity index is 1.47. The topological polar surface area (TPSA) is 0 Å². The molecule has 5 rings (SSSR count). The Morgan fingerprint density at radius 3 is 2.43 bits per heavy atom. The molecule has 8 unspecified atom stereocenters. The molecule has 0 amide bonds. The van der Waals surface area contributed by atoms with Gasteiger partial charge in [-0.15, -0.1) is 0 Å². The van der Waals surface area contributed by atoms with E-state index in [2.05, 4.69) is 13.8 Å². The van der Waals surface area contributed by atoms with Crippen LogP contribution in [0.5, 0.6) is 0 Å². The highest BCUT2D eigenvalue weighted by molar-refractivity contribution is 5.11. The van der Waals surface area contributed by atoms with E-state index in [0.29, 0.717) is 0 Å². The van der Waals surface area contributed by atoms with Crippen molar-refractivity contribution in [2.45, 2.75) is 97.3 Å². The van der Waals surface area contributed by atoms with Gasteiger partial charge in [0.15, 0.2) is 0 Å². The lowest BCUT2D eigenvalue weighted by molar-refractivity contribution is -0.128. The molecular formula is C23H38. The van der Waals surface area contributed by atoms with Gasteiger partial charge in [-0.3, -0.25) is 0 Å². The van der Waals surface area contributed by atoms with Gasteiger partial charge in [0, 0.05) is 0 Å². The summed E-state index contributed by atoms with van der Waals surface area (Å²) in [7, 11) is 0. The zero-order chi connectivity index (χ0) is 15.7. The van der Waals surface area contributed by atoms with Gasteiger partial charge in [-0.05, 0) is 104 Å². The Morgan fingerprint density at radius 2 is 1.52 bits per heavy atom. The van der Waals surface area contributed by atoms with E-state index in [4.69, 9.17) is 0 Å². The molecule has 0 nitrogen and oxygen atoms in total. The van der Waals surface area contributed by atoms with Crippen LogP contribution in [0.2, 0.25) is 0 Å². The van der Waals surface area contributed by atoms with Gasteiger partial charge >= 0.3 is 0 Å². The minimum Gasteiger partial charge on any atom is -0.0622 e. The summed E-state index contributed by atoms with van der Waals surface area (Å²) in [5.74, 6) is 6.60. The fourth-order valence-corrected chi connectivity index (χ4v) is 9.45. The summed E-state index contributed by atoms with van der Waals surface area (Å²) >= 11 is 0. The second-order valence-electron chi connectivity index (χ2n) is 10.7. The first-order chi connectivity index (χ1) is 11.2. The fraction of sp³-hybridized carbons (Fsp3) is 1.00. The average molecular weight is 315 g/mol. The fourth-order valence-electron chi connectivity index (χ4n) is 9.45. The second kappa shape index (κ2) is 5.25. The number of fused-ring (bicyclic) bond motifs is 4. The van der Waals surface area contributed by atoms with Gasteiger partial charge in [0.25, 0.3) is 0 Å². The third-order valence-corrected chi connectivity index (χ3v) is 10.4. The van der Waals surface area contributed by atoms with Gasteiger partial charge in [0.1, 0.15) is 0 Å². The third kappa shape index (κ3) is 1.96. The molecule has 0 N–H and O–H groups in total. The highest BCUT2D eigenvalue weighted by atomic mass is 14.7. The summed E-state index contributed by atoms with van der Waals surface area (Å²) in [6.45, 7) is 5.33. The maximum absolute atomic E-state index is 2.74. The molecular weight excluding hydrogens is 276 g/mol. The first-order valence-electron chi connectivity index (χ1n) is 11.2. The lowest BCUT2D eigenvalue weighted by Crippen LogP contribution is -2.54. The standard InChI is InChI=1S/C23H38/c1-16-6-5-14-23-15-12-20-18(21(23)11-10-19(16)23)9-8-17-7-3-4-13-22(17,20)2/h16-21H,3-15H2,1-2H3. The van der Waals surface area contributed by atoms with Crippen molar-refractivity contribution in [2.24, 2.45) is 46.3 Å². The summed E-state index contributed by atoms with van der Waals surface area (Å²) in [4.78, 5) is 0. The Hall–Kier alpha value is 0. The van der Waals surface area contributed by atoms with E-state index in [1.807, 2.05) is 0 Å². The van der Waals surface area contributed by atoms with Crippen LogP contribution in [0.3, 0.4) is 0 Å². The quantitative estimate of drug-likeness (QED) is 0.459. The average Bonchev–Trinajstić information content (AvgIpc) is 2.95. The minimum atomic E-state index is 0.737. The van der Waals surface area contributed by atoms with Crippen LogP contribution in [-0.4, -0.2) is 0 Å². The Labute approximate surface area is 144 Å². The van der Waals surface area contributed by atoms with Gasteiger partial charge in [-0.1, -0.05) is 39.5 Å². The van der Waals surface area contributed by atoms with Crippen LogP contribution in [0.1, 0.15) is 97.3 Å². The van der Waals surface area contributed by atoms with E-state index in [9.17, 15) is 0 Å². The van der Waals surface area contributed by atoms with E-state index in [-0.39, 0.29) is 0 Å².